The fourth-order valence-corrected chi connectivity index (χ4v) is 1.68. The lowest BCUT2D eigenvalue weighted by Crippen LogP contribution is -2.23. The Bertz CT molecular complexity index is 631. The molecule has 0 saturated carbocycles. The minimum atomic E-state index is -0.464. The number of rotatable bonds is 3. The molecule has 0 spiro atoms. The van der Waals surface area contributed by atoms with E-state index < -0.39 is 5.82 Å². The molecule has 0 atom stereocenters. The standard InChI is InChI=1S/C13H10FN3O2/c1-9(18)17(12-4-2-3-10(14)7-12)13-8-11(16-19)5-6-15-13/h2-8H,1H3. The van der Waals surface area contributed by atoms with Crippen LogP contribution in [0.2, 0.25) is 0 Å². The van der Waals surface area contributed by atoms with Crippen LogP contribution in [0.25, 0.3) is 0 Å². The number of nitrogens with zero attached hydrogens (tertiary/aromatic N) is 3. The number of aromatic nitrogens is 1. The third kappa shape index (κ3) is 2.79. The molecule has 0 aliphatic rings. The third-order valence-corrected chi connectivity index (χ3v) is 2.44. The highest BCUT2D eigenvalue weighted by atomic mass is 19.1. The average Bonchev–Trinajstić information content (AvgIpc) is 2.39. The first kappa shape index (κ1) is 12.8. The van der Waals surface area contributed by atoms with Crippen molar-refractivity contribution in [2.24, 2.45) is 5.18 Å². The second kappa shape index (κ2) is 5.34. The van der Waals surface area contributed by atoms with E-state index in [9.17, 15) is 14.1 Å². The van der Waals surface area contributed by atoms with Gasteiger partial charge < -0.3 is 0 Å². The Morgan fingerprint density at radius 3 is 2.74 bits per heavy atom. The molecule has 5 nitrogen and oxygen atoms in total. The molecule has 0 saturated heterocycles. The van der Waals surface area contributed by atoms with Crippen LogP contribution in [0.1, 0.15) is 6.92 Å². The molecule has 0 N–H and O–H groups in total. The van der Waals surface area contributed by atoms with E-state index in [1.807, 2.05) is 0 Å². The first-order chi connectivity index (χ1) is 9.11. The molecule has 19 heavy (non-hydrogen) atoms. The molecule has 1 heterocycles. The molecular formula is C13H10FN3O2. The van der Waals surface area contributed by atoms with Gasteiger partial charge in [-0.05, 0) is 29.4 Å². The van der Waals surface area contributed by atoms with E-state index in [-0.39, 0.29) is 17.4 Å². The lowest BCUT2D eigenvalue weighted by atomic mass is 10.2. The molecule has 0 unspecified atom stereocenters. The first-order valence-corrected chi connectivity index (χ1v) is 5.47. The maximum atomic E-state index is 13.2. The minimum absolute atomic E-state index is 0.146. The number of hydrogen-bond acceptors (Lipinski definition) is 4. The Balaban J connectivity index is 2.51. The fourth-order valence-electron chi connectivity index (χ4n) is 1.68. The zero-order valence-electron chi connectivity index (χ0n) is 10.1. The normalized spacial score (nSPS) is 10.0. The van der Waals surface area contributed by atoms with Crippen LogP contribution in [0, 0.1) is 10.7 Å². The van der Waals surface area contributed by atoms with Gasteiger partial charge in [0.05, 0.1) is 5.69 Å². The lowest BCUT2D eigenvalue weighted by molar-refractivity contribution is -0.115. The molecule has 1 aromatic heterocycles. The lowest BCUT2D eigenvalue weighted by Gasteiger charge is -2.20. The summed E-state index contributed by atoms with van der Waals surface area (Å²) in [5.41, 5.74) is 0.482. The van der Waals surface area contributed by atoms with Crippen molar-refractivity contribution < 1.29 is 9.18 Å². The van der Waals surface area contributed by atoms with E-state index in [1.165, 1.54) is 48.4 Å². The monoisotopic (exact) mass is 259 g/mol. The van der Waals surface area contributed by atoms with Gasteiger partial charge in [-0.1, -0.05) is 6.07 Å². The van der Waals surface area contributed by atoms with Crippen molar-refractivity contribution in [3.8, 4) is 0 Å². The van der Waals surface area contributed by atoms with Crippen molar-refractivity contribution in [3.05, 3.63) is 53.3 Å². The van der Waals surface area contributed by atoms with Crippen LogP contribution in [-0.2, 0) is 4.79 Å². The van der Waals surface area contributed by atoms with Gasteiger partial charge in [-0.25, -0.2) is 9.37 Å². The largest absolute Gasteiger partial charge is 0.274 e. The Morgan fingerprint density at radius 1 is 1.32 bits per heavy atom. The van der Waals surface area contributed by atoms with Crippen molar-refractivity contribution in [1.29, 1.82) is 0 Å². The molecule has 96 valence electrons. The number of benzene rings is 1. The third-order valence-electron chi connectivity index (χ3n) is 2.44. The van der Waals surface area contributed by atoms with Crippen LogP contribution in [-0.4, -0.2) is 10.9 Å². The van der Waals surface area contributed by atoms with Gasteiger partial charge in [0.2, 0.25) is 5.91 Å². The van der Waals surface area contributed by atoms with Gasteiger partial charge in [0.1, 0.15) is 17.3 Å². The van der Waals surface area contributed by atoms with Crippen molar-refractivity contribution in [2.75, 3.05) is 4.90 Å². The summed E-state index contributed by atoms with van der Waals surface area (Å²) in [5.74, 6) is -0.593. The Hall–Kier alpha value is -2.63. The van der Waals surface area contributed by atoms with Gasteiger partial charge in [-0.2, -0.15) is 0 Å². The number of nitroso groups, excluding NO2 is 1. The summed E-state index contributed by atoms with van der Waals surface area (Å²) in [6.07, 6.45) is 1.36. The number of carbonyl (C=O) groups excluding carboxylic acids is 1. The van der Waals surface area contributed by atoms with Gasteiger partial charge in [0.15, 0.2) is 0 Å². The van der Waals surface area contributed by atoms with Gasteiger partial charge in [-0.15, -0.1) is 4.91 Å². The maximum Gasteiger partial charge on any atom is 0.229 e. The second-order valence-corrected chi connectivity index (χ2v) is 3.80. The summed E-state index contributed by atoms with van der Waals surface area (Å²) in [6.45, 7) is 1.33. The highest BCUT2D eigenvalue weighted by molar-refractivity contribution is 5.98. The molecular weight excluding hydrogens is 249 g/mol. The summed E-state index contributed by atoms with van der Waals surface area (Å²) < 4.78 is 13.2. The number of carbonyl (C=O) groups is 1. The molecule has 2 aromatic rings. The molecule has 1 amide bonds. The van der Waals surface area contributed by atoms with Crippen molar-refractivity contribution >= 4 is 23.1 Å². The SMILES string of the molecule is CC(=O)N(c1cccc(F)c1)c1cc(N=O)ccn1. The van der Waals surface area contributed by atoms with Crippen LogP contribution in [0.15, 0.2) is 47.8 Å². The summed E-state index contributed by atoms with van der Waals surface area (Å²) in [7, 11) is 0. The van der Waals surface area contributed by atoms with Crippen LogP contribution in [0.5, 0.6) is 0 Å². The van der Waals surface area contributed by atoms with E-state index in [0.29, 0.717) is 5.69 Å². The van der Waals surface area contributed by atoms with Crippen molar-refractivity contribution in [3.63, 3.8) is 0 Å². The van der Waals surface area contributed by atoms with Crippen LogP contribution >= 0.6 is 0 Å². The van der Waals surface area contributed by atoms with Gasteiger partial charge >= 0.3 is 0 Å². The molecule has 0 fully saturated rings. The topological polar surface area (TPSA) is 62.6 Å². The summed E-state index contributed by atoms with van der Waals surface area (Å²) in [4.78, 5) is 27.4. The Morgan fingerprint density at radius 2 is 2.11 bits per heavy atom. The zero-order valence-corrected chi connectivity index (χ0v) is 10.1. The summed E-state index contributed by atoms with van der Waals surface area (Å²) in [5, 5.41) is 2.78. The molecule has 0 radical (unpaired) electrons. The highest BCUT2D eigenvalue weighted by Gasteiger charge is 2.16. The molecule has 0 aliphatic carbocycles. The zero-order chi connectivity index (χ0) is 13.8. The van der Waals surface area contributed by atoms with Crippen molar-refractivity contribution in [2.45, 2.75) is 6.92 Å². The minimum Gasteiger partial charge on any atom is -0.274 e. The van der Waals surface area contributed by atoms with E-state index in [4.69, 9.17) is 0 Å². The van der Waals surface area contributed by atoms with Gasteiger partial charge in [-0.3, -0.25) is 9.69 Å². The fraction of sp³-hybridized carbons (Fsp3) is 0.0769. The molecule has 1 aromatic carbocycles. The summed E-state index contributed by atoms with van der Waals surface area (Å²) in [6, 6.07) is 8.33. The number of hydrogen-bond donors (Lipinski definition) is 0. The summed E-state index contributed by atoms with van der Waals surface area (Å²) >= 11 is 0. The molecule has 0 aliphatic heterocycles. The van der Waals surface area contributed by atoms with E-state index in [0.717, 1.165) is 0 Å². The quantitative estimate of drug-likeness (QED) is 0.794. The maximum absolute atomic E-state index is 13.2. The van der Waals surface area contributed by atoms with Crippen molar-refractivity contribution in [1.82, 2.24) is 4.98 Å². The molecule has 2 rings (SSSR count). The van der Waals surface area contributed by atoms with Crippen LogP contribution < -0.4 is 4.90 Å². The van der Waals surface area contributed by atoms with E-state index in [2.05, 4.69) is 10.2 Å². The number of anilines is 2. The predicted octanol–water partition coefficient (Wildman–Crippen LogP) is 3.30. The predicted molar refractivity (Wildman–Crippen MR) is 68.9 cm³/mol. The Kier molecular flexibility index (Phi) is 3.61. The van der Waals surface area contributed by atoms with Gasteiger partial charge in [0.25, 0.3) is 0 Å². The molecule has 6 heteroatoms. The van der Waals surface area contributed by atoms with Crippen LogP contribution in [0.3, 0.4) is 0 Å². The number of halogens is 1. The smallest absolute Gasteiger partial charge is 0.229 e. The highest BCUT2D eigenvalue weighted by Crippen LogP contribution is 2.26. The second-order valence-electron chi connectivity index (χ2n) is 3.80. The number of amides is 1. The number of pyridine rings is 1. The molecule has 0 bridgehead atoms. The van der Waals surface area contributed by atoms with E-state index >= 15 is 0 Å². The Labute approximate surface area is 108 Å². The van der Waals surface area contributed by atoms with Crippen LogP contribution in [0.4, 0.5) is 21.6 Å². The first-order valence-electron chi connectivity index (χ1n) is 5.47. The average molecular weight is 259 g/mol. The van der Waals surface area contributed by atoms with E-state index in [1.54, 1.807) is 6.07 Å². The van der Waals surface area contributed by atoms with Gasteiger partial charge in [0, 0.05) is 19.2 Å².